The third kappa shape index (κ3) is 5.42. The smallest absolute Gasteiger partial charge is 0.335 e. The van der Waals surface area contributed by atoms with Crippen LogP contribution >= 0.6 is 0 Å². The Labute approximate surface area is 195 Å². The van der Waals surface area contributed by atoms with E-state index in [-0.39, 0.29) is 17.9 Å². The molecule has 0 saturated heterocycles. The SMILES string of the molecule is CCOc1cc(/C=N/NC(=O)c2cc3ccccc3o2)ccc1OCc1ccc(C(=O)O)cc1. The van der Waals surface area contributed by atoms with Gasteiger partial charge in [0.25, 0.3) is 0 Å². The van der Waals surface area contributed by atoms with E-state index in [1.54, 1.807) is 42.5 Å². The molecule has 0 aliphatic rings. The molecule has 1 amide bonds. The highest BCUT2D eigenvalue weighted by atomic mass is 16.5. The van der Waals surface area contributed by atoms with Crippen LogP contribution in [0.15, 0.2) is 82.3 Å². The van der Waals surface area contributed by atoms with Gasteiger partial charge in [0.15, 0.2) is 17.3 Å². The Hall–Kier alpha value is -4.59. The molecule has 1 aromatic heterocycles. The summed E-state index contributed by atoms with van der Waals surface area (Å²) < 4.78 is 17.1. The highest BCUT2D eigenvalue weighted by Gasteiger charge is 2.11. The molecule has 4 rings (SSSR count). The zero-order valence-corrected chi connectivity index (χ0v) is 18.4. The van der Waals surface area contributed by atoms with Crippen LogP contribution < -0.4 is 14.9 Å². The minimum Gasteiger partial charge on any atom is -0.490 e. The van der Waals surface area contributed by atoms with E-state index in [1.165, 1.54) is 18.3 Å². The summed E-state index contributed by atoms with van der Waals surface area (Å²) in [7, 11) is 0. The van der Waals surface area contributed by atoms with E-state index in [0.29, 0.717) is 29.3 Å². The van der Waals surface area contributed by atoms with Crippen molar-refractivity contribution in [2.75, 3.05) is 6.61 Å². The molecule has 8 nitrogen and oxygen atoms in total. The topological polar surface area (TPSA) is 110 Å². The van der Waals surface area contributed by atoms with Crippen molar-refractivity contribution in [1.82, 2.24) is 5.43 Å². The van der Waals surface area contributed by atoms with E-state index in [1.807, 2.05) is 25.1 Å². The van der Waals surface area contributed by atoms with Gasteiger partial charge in [-0.1, -0.05) is 30.3 Å². The highest BCUT2D eigenvalue weighted by molar-refractivity contribution is 5.96. The normalized spacial score (nSPS) is 11.0. The fraction of sp³-hybridized carbons (Fsp3) is 0.115. The molecule has 1 heterocycles. The first-order chi connectivity index (χ1) is 16.5. The minimum atomic E-state index is -0.975. The number of para-hydroxylation sites is 1. The van der Waals surface area contributed by atoms with Crippen molar-refractivity contribution in [3.05, 3.63) is 95.2 Å². The zero-order chi connectivity index (χ0) is 23.9. The summed E-state index contributed by atoms with van der Waals surface area (Å²) in [6.07, 6.45) is 1.50. The van der Waals surface area contributed by atoms with E-state index in [9.17, 15) is 9.59 Å². The second-order valence-corrected chi connectivity index (χ2v) is 7.28. The molecule has 0 fully saturated rings. The van der Waals surface area contributed by atoms with Gasteiger partial charge in [0.05, 0.1) is 18.4 Å². The fourth-order valence-corrected chi connectivity index (χ4v) is 3.21. The number of carbonyl (C=O) groups is 2. The van der Waals surface area contributed by atoms with Crippen molar-refractivity contribution in [1.29, 1.82) is 0 Å². The molecular weight excluding hydrogens is 436 g/mol. The standard InChI is InChI=1S/C26H22N2O6/c1-2-32-23-13-18(9-12-22(23)33-16-17-7-10-19(11-8-17)26(30)31)15-27-28-25(29)24-14-20-5-3-4-6-21(20)34-24/h3-15H,2,16H2,1H3,(H,28,29)(H,30,31)/b27-15+. The summed E-state index contributed by atoms with van der Waals surface area (Å²) in [5.74, 6) is -0.193. The molecular formula is C26H22N2O6. The molecule has 2 N–H and O–H groups in total. The van der Waals surface area contributed by atoms with Crippen LogP contribution in [0.25, 0.3) is 11.0 Å². The molecule has 0 atom stereocenters. The largest absolute Gasteiger partial charge is 0.490 e. The van der Waals surface area contributed by atoms with Gasteiger partial charge in [-0.25, -0.2) is 10.2 Å². The molecule has 0 aliphatic heterocycles. The second kappa shape index (κ2) is 10.4. The Balaban J connectivity index is 1.40. The first-order valence-electron chi connectivity index (χ1n) is 10.6. The van der Waals surface area contributed by atoms with E-state index >= 15 is 0 Å². The summed E-state index contributed by atoms with van der Waals surface area (Å²) in [5.41, 5.74) is 4.83. The van der Waals surface area contributed by atoms with Gasteiger partial charge in [-0.2, -0.15) is 5.10 Å². The number of nitrogens with one attached hydrogen (secondary N) is 1. The number of amides is 1. The second-order valence-electron chi connectivity index (χ2n) is 7.28. The van der Waals surface area contributed by atoms with Crippen LogP contribution in [0.4, 0.5) is 0 Å². The number of nitrogens with zero attached hydrogens (tertiary/aromatic N) is 1. The van der Waals surface area contributed by atoms with Gasteiger partial charge >= 0.3 is 11.9 Å². The Morgan fingerprint density at radius 2 is 1.79 bits per heavy atom. The third-order valence-corrected chi connectivity index (χ3v) is 4.89. The van der Waals surface area contributed by atoms with Crippen molar-refractivity contribution < 1.29 is 28.6 Å². The van der Waals surface area contributed by atoms with Gasteiger partial charge in [-0.3, -0.25) is 4.79 Å². The first kappa shape index (κ1) is 22.6. The molecule has 172 valence electrons. The van der Waals surface area contributed by atoms with Crippen LogP contribution in [0.1, 0.15) is 39.0 Å². The summed E-state index contributed by atoms with van der Waals surface area (Å²) in [4.78, 5) is 23.3. The summed E-state index contributed by atoms with van der Waals surface area (Å²) in [5, 5.41) is 13.8. The molecule has 3 aromatic carbocycles. The molecule has 0 unspecified atom stereocenters. The molecule has 8 heteroatoms. The van der Waals surface area contributed by atoms with E-state index < -0.39 is 11.9 Å². The van der Waals surface area contributed by atoms with Crippen LogP contribution in [-0.2, 0) is 6.61 Å². The number of fused-ring (bicyclic) bond motifs is 1. The van der Waals surface area contributed by atoms with Crippen LogP contribution in [0.2, 0.25) is 0 Å². The van der Waals surface area contributed by atoms with Crippen molar-refractivity contribution in [2.24, 2.45) is 5.10 Å². The molecule has 0 bridgehead atoms. The zero-order valence-electron chi connectivity index (χ0n) is 18.4. The monoisotopic (exact) mass is 458 g/mol. The lowest BCUT2D eigenvalue weighted by atomic mass is 10.1. The molecule has 4 aromatic rings. The molecule has 0 radical (unpaired) electrons. The molecule has 0 aliphatic carbocycles. The molecule has 0 spiro atoms. The Morgan fingerprint density at radius 3 is 2.53 bits per heavy atom. The maximum atomic E-state index is 12.3. The summed E-state index contributed by atoms with van der Waals surface area (Å²) in [6, 6.07) is 20.8. The number of aromatic carboxylic acids is 1. The lowest BCUT2D eigenvalue weighted by Gasteiger charge is -2.12. The summed E-state index contributed by atoms with van der Waals surface area (Å²) >= 11 is 0. The van der Waals surface area contributed by atoms with Crippen LogP contribution in [0, 0.1) is 0 Å². The van der Waals surface area contributed by atoms with Gasteiger partial charge in [0.2, 0.25) is 0 Å². The number of carbonyl (C=O) groups excluding carboxylic acids is 1. The van der Waals surface area contributed by atoms with Crippen molar-refractivity contribution >= 4 is 29.1 Å². The number of rotatable bonds is 9. The molecule has 34 heavy (non-hydrogen) atoms. The number of hydrazone groups is 1. The van der Waals surface area contributed by atoms with E-state index in [0.717, 1.165) is 10.9 Å². The maximum absolute atomic E-state index is 12.3. The highest BCUT2D eigenvalue weighted by Crippen LogP contribution is 2.29. The van der Waals surface area contributed by atoms with Crippen molar-refractivity contribution in [3.63, 3.8) is 0 Å². The van der Waals surface area contributed by atoms with Gasteiger partial charge in [0, 0.05) is 5.39 Å². The number of carboxylic acid groups (broad SMARTS) is 1. The number of hydrogen-bond donors (Lipinski definition) is 2. The maximum Gasteiger partial charge on any atom is 0.335 e. The number of ether oxygens (including phenoxy) is 2. The lowest BCUT2D eigenvalue weighted by molar-refractivity contribution is 0.0696. The number of furan rings is 1. The number of carboxylic acids is 1. The van der Waals surface area contributed by atoms with Gasteiger partial charge in [-0.05, 0) is 60.5 Å². The number of benzene rings is 3. The third-order valence-electron chi connectivity index (χ3n) is 4.89. The van der Waals surface area contributed by atoms with Crippen molar-refractivity contribution in [2.45, 2.75) is 13.5 Å². The predicted octanol–water partition coefficient (Wildman–Crippen LogP) is 4.87. The van der Waals surface area contributed by atoms with Crippen LogP contribution in [0.5, 0.6) is 11.5 Å². The molecule has 0 saturated carbocycles. The van der Waals surface area contributed by atoms with Gasteiger partial charge < -0.3 is 19.0 Å². The van der Waals surface area contributed by atoms with E-state index in [2.05, 4.69) is 10.5 Å². The Bertz CT molecular complexity index is 1310. The minimum absolute atomic E-state index is 0.175. The van der Waals surface area contributed by atoms with Crippen molar-refractivity contribution in [3.8, 4) is 11.5 Å². The lowest BCUT2D eigenvalue weighted by Crippen LogP contribution is -2.16. The number of hydrogen-bond acceptors (Lipinski definition) is 6. The fourth-order valence-electron chi connectivity index (χ4n) is 3.21. The predicted molar refractivity (Wildman–Crippen MR) is 127 cm³/mol. The average molecular weight is 458 g/mol. The summed E-state index contributed by atoms with van der Waals surface area (Å²) in [6.45, 7) is 2.55. The quantitative estimate of drug-likeness (QED) is 0.273. The van der Waals surface area contributed by atoms with Crippen LogP contribution in [0.3, 0.4) is 0 Å². The first-order valence-corrected chi connectivity index (χ1v) is 10.6. The van der Waals surface area contributed by atoms with Gasteiger partial charge in [-0.15, -0.1) is 0 Å². The van der Waals surface area contributed by atoms with Gasteiger partial charge in [0.1, 0.15) is 12.2 Å². The Morgan fingerprint density at radius 1 is 1.00 bits per heavy atom. The van der Waals surface area contributed by atoms with E-state index in [4.69, 9.17) is 19.0 Å². The van der Waals surface area contributed by atoms with Crippen LogP contribution in [-0.4, -0.2) is 29.8 Å². The Kier molecular flexibility index (Phi) is 6.88. The average Bonchev–Trinajstić information content (AvgIpc) is 3.28.